The second-order valence-corrected chi connectivity index (χ2v) is 8.41. The topological polar surface area (TPSA) is 81.6 Å². The van der Waals surface area contributed by atoms with Crippen molar-refractivity contribution in [3.8, 4) is 17.5 Å². The summed E-state index contributed by atoms with van der Waals surface area (Å²) in [7, 11) is 1.77. The Hall–Kier alpha value is -3.22. The summed E-state index contributed by atoms with van der Waals surface area (Å²) in [6.07, 6.45) is 2.11. The minimum absolute atomic E-state index is 0.104. The average molecular weight is 516 g/mol. The molecular formula is C22H17BrClFN6O. The number of aromatic nitrogens is 5. The lowest BCUT2D eigenvalue weighted by Crippen LogP contribution is -2.10. The molecule has 0 radical (unpaired) electrons. The minimum atomic E-state index is -0.387. The van der Waals surface area contributed by atoms with E-state index in [1.165, 1.54) is 12.1 Å². The number of rotatable bonds is 6. The number of aryl methyl sites for hydroxylation is 2. The molecule has 0 unspecified atom stereocenters. The van der Waals surface area contributed by atoms with Crippen molar-refractivity contribution in [2.45, 2.75) is 20.0 Å². The summed E-state index contributed by atoms with van der Waals surface area (Å²) in [6.45, 7) is 1.94. The number of hydrogen-bond acceptors (Lipinski definition) is 5. The smallest absolute Gasteiger partial charge is 0.162 e. The maximum atomic E-state index is 14.1. The molecule has 10 heteroatoms. The lowest BCUT2D eigenvalue weighted by Gasteiger charge is -2.15. The molecule has 0 bridgehead atoms. The first-order valence-electron chi connectivity index (χ1n) is 9.55. The second kappa shape index (κ2) is 9.10. The molecule has 0 fully saturated rings. The SMILES string of the molecule is Cc1ncc(Br)cc1OCc1cc(F)ccc1-n1nc(Cl)cc1Cc1cc(C#N)nn1C. The van der Waals surface area contributed by atoms with Crippen LogP contribution < -0.4 is 4.74 Å². The van der Waals surface area contributed by atoms with Gasteiger partial charge in [-0.05, 0) is 59.3 Å². The van der Waals surface area contributed by atoms with Crippen molar-refractivity contribution in [3.63, 3.8) is 0 Å². The first kappa shape index (κ1) is 22.0. The molecule has 0 atom stereocenters. The molecule has 7 nitrogen and oxygen atoms in total. The largest absolute Gasteiger partial charge is 0.487 e. The van der Waals surface area contributed by atoms with E-state index in [2.05, 4.69) is 31.1 Å². The lowest BCUT2D eigenvalue weighted by atomic mass is 10.1. The molecule has 0 aliphatic carbocycles. The highest BCUT2D eigenvalue weighted by Crippen LogP contribution is 2.26. The van der Waals surface area contributed by atoms with Crippen LogP contribution in [0, 0.1) is 24.1 Å². The van der Waals surface area contributed by atoms with Gasteiger partial charge in [0, 0.05) is 35.4 Å². The van der Waals surface area contributed by atoms with Crippen molar-refractivity contribution in [2.75, 3.05) is 0 Å². The van der Waals surface area contributed by atoms with Gasteiger partial charge < -0.3 is 4.74 Å². The van der Waals surface area contributed by atoms with Gasteiger partial charge >= 0.3 is 0 Å². The van der Waals surface area contributed by atoms with E-state index in [1.807, 2.05) is 19.1 Å². The summed E-state index contributed by atoms with van der Waals surface area (Å²) in [5.41, 5.74) is 3.85. The van der Waals surface area contributed by atoms with Crippen LogP contribution in [-0.4, -0.2) is 24.5 Å². The van der Waals surface area contributed by atoms with E-state index in [4.69, 9.17) is 21.6 Å². The van der Waals surface area contributed by atoms with Gasteiger partial charge in [-0.1, -0.05) is 11.6 Å². The van der Waals surface area contributed by atoms with Crippen molar-refractivity contribution in [1.29, 1.82) is 5.26 Å². The highest BCUT2D eigenvalue weighted by atomic mass is 79.9. The predicted octanol–water partition coefficient (Wildman–Crippen LogP) is 4.91. The van der Waals surface area contributed by atoms with Crippen LogP contribution in [0.1, 0.15) is 28.3 Å². The predicted molar refractivity (Wildman–Crippen MR) is 120 cm³/mol. The molecule has 1 aromatic carbocycles. The molecule has 4 aromatic rings. The van der Waals surface area contributed by atoms with Gasteiger partial charge in [0.25, 0.3) is 0 Å². The molecule has 0 saturated heterocycles. The van der Waals surface area contributed by atoms with E-state index in [-0.39, 0.29) is 12.4 Å². The van der Waals surface area contributed by atoms with Crippen molar-refractivity contribution >= 4 is 27.5 Å². The zero-order chi connectivity index (χ0) is 22.8. The number of benzene rings is 1. The Bertz CT molecular complexity index is 1340. The number of hydrogen-bond donors (Lipinski definition) is 0. The van der Waals surface area contributed by atoms with Crippen molar-refractivity contribution in [3.05, 3.63) is 86.4 Å². The van der Waals surface area contributed by atoms with E-state index in [1.54, 1.807) is 40.8 Å². The van der Waals surface area contributed by atoms with Crippen LogP contribution in [0.3, 0.4) is 0 Å². The van der Waals surface area contributed by atoms with Crippen LogP contribution in [0.4, 0.5) is 4.39 Å². The van der Waals surface area contributed by atoms with Gasteiger partial charge in [0.05, 0.1) is 17.1 Å². The summed E-state index contributed by atoms with van der Waals surface area (Å²) in [5, 5.41) is 18.0. The van der Waals surface area contributed by atoms with Crippen molar-refractivity contribution in [1.82, 2.24) is 24.5 Å². The summed E-state index contributed by atoms with van der Waals surface area (Å²) in [6, 6.07) is 11.7. The molecule has 32 heavy (non-hydrogen) atoms. The van der Waals surface area contributed by atoms with Gasteiger partial charge in [-0.3, -0.25) is 9.67 Å². The molecule has 0 amide bonds. The van der Waals surface area contributed by atoms with Crippen LogP contribution in [0.15, 0.2) is 47.1 Å². The first-order valence-corrected chi connectivity index (χ1v) is 10.7. The Morgan fingerprint density at radius 1 is 1.19 bits per heavy atom. The molecule has 0 saturated carbocycles. The van der Waals surface area contributed by atoms with E-state index in [0.29, 0.717) is 34.3 Å². The maximum absolute atomic E-state index is 14.1. The minimum Gasteiger partial charge on any atom is -0.487 e. The fraction of sp³-hybridized carbons (Fsp3) is 0.182. The Morgan fingerprint density at radius 2 is 2.00 bits per heavy atom. The summed E-state index contributed by atoms with van der Waals surface area (Å²) >= 11 is 9.61. The van der Waals surface area contributed by atoms with Crippen molar-refractivity contribution in [2.24, 2.45) is 7.05 Å². The van der Waals surface area contributed by atoms with Crippen LogP contribution in [0.5, 0.6) is 5.75 Å². The lowest BCUT2D eigenvalue weighted by molar-refractivity contribution is 0.301. The van der Waals surface area contributed by atoms with Gasteiger partial charge in [0.2, 0.25) is 0 Å². The second-order valence-electron chi connectivity index (χ2n) is 7.10. The Morgan fingerprint density at radius 3 is 2.75 bits per heavy atom. The van der Waals surface area contributed by atoms with E-state index >= 15 is 0 Å². The Kier molecular flexibility index (Phi) is 6.26. The third-order valence-corrected chi connectivity index (χ3v) is 5.49. The summed E-state index contributed by atoms with van der Waals surface area (Å²) in [4.78, 5) is 4.26. The van der Waals surface area contributed by atoms with Gasteiger partial charge in [-0.15, -0.1) is 0 Å². The summed E-state index contributed by atoms with van der Waals surface area (Å²) in [5.74, 6) is 0.203. The first-order chi connectivity index (χ1) is 15.3. The molecule has 0 N–H and O–H groups in total. The van der Waals surface area contributed by atoms with Crippen LogP contribution in [-0.2, 0) is 20.1 Å². The molecule has 3 aromatic heterocycles. The fourth-order valence-electron chi connectivity index (χ4n) is 3.30. The number of halogens is 3. The highest BCUT2D eigenvalue weighted by Gasteiger charge is 2.16. The molecule has 0 aliphatic rings. The van der Waals surface area contributed by atoms with Gasteiger partial charge in [0.1, 0.15) is 24.2 Å². The number of ether oxygens (including phenoxy) is 1. The highest BCUT2D eigenvalue weighted by molar-refractivity contribution is 9.10. The number of pyridine rings is 1. The molecule has 4 rings (SSSR count). The fourth-order valence-corrected chi connectivity index (χ4v) is 3.81. The quantitative estimate of drug-likeness (QED) is 0.365. The Labute approximate surface area is 197 Å². The van der Waals surface area contributed by atoms with E-state index < -0.39 is 0 Å². The van der Waals surface area contributed by atoms with Crippen LogP contribution in [0.2, 0.25) is 5.15 Å². The third-order valence-electron chi connectivity index (χ3n) is 4.87. The van der Waals surface area contributed by atoms with Crippen LogP contribution >= 0.6 is 27.5 Å². The zero-order valence-electron chi connectivity index (χ0n) is 17.2. The van der Waals surface area contributed by atoms with E-state index in [0.717, 1.165) is 21.6 Å². The molecular weight excluding hydrogens is 499 g/mol. The molecule has 3 heterocycles. The van der Waals surface area contributed by atoms with Gasteiger partial charge in [-0.25, -0.2) is 9.07 Å². The zero-order valence-corrected chi connectivity index (χ0v) is 19.5. The van der Waals surface area contributed by atoms with Gasteiger partial charge in [0.15, 0.2) is 10.8 Å². The molecule has 162 valence electrons. The number of nitrogens with zero attached hydrogens (tertiary/aromatic N) is 6. The monoisotopic (exact) mass is 514 g/mol. The van der Waals surface area contributed by atoms with Gasteiger partial charge in [-0.2, -0.15) is 15.5 Å². The average Bonchev–Trinajstić information content (AvgIpc) is 3.30. The standard InChI is InChI=1S/C22H17BrClFN6O/c1-13-21(6-15(23)11-27-13)32-12-14-5-16(25)3-4-20(14)31-19(9-22(24)29-31)8-18-7-17(10-26)28-30(18)2/h3-7,9,11H,8,12H2,1-2H3. The molecule has 0 spiro atoms. The normalized spacial score (nSPS) is 10.9. The van der Waals surface area contributed by atoms with E-state index in [9.17, 15) is 4.39 Å². The van der Waals surface area contributed by atoms with Crippen molar-refractivity contribution < 1.29 is 9.13 Å². The molecule has 0 aliphatic heterocycles. The maximum Gasteiger partial charge on any atom is 0.162 e. The number of nitriles is 1. The van der Waals surface area contributed by atoms with Crippen LogP contribution in [0.25, 0.3) is 5.69 Å². The summed E-state index contributed by atoms with van der Waals surface area (Å²) < 4.78 is 24.1. The Balaban J connectivity index is 1.69. The third kappa shape index (κ3) is 4.66.